The maximum atomic E-state index is 11.5. The van der Waals surface area contributed by atoms with Gasteiger partial charge in [-0.1, -0.05) is 6.92 Å². The lowest BCUT2D eigenvalue weighted by Crippen LogP contribution is -2.41. The van der Waals surface area contributed by atoms with Crippen molar-refractivity contribution >= 4 is 5.91 Å². The van der Waals surface area contributed by atoms with E-state index in [0.717, 1.165) is 18.5 Å². The second-order valence-electron chi connectivity index (χ2n) is 3.61. The van der Waals surface area contributed by atoms with Crippen LogP contribution in [0.3, 0.4) is 0 Å². The van der Waals surface area contributed by atoms with E-state index in [0.29, 0.717) is 6.54 Å². The van der Waals surface area contributed by atoms with Gasteiger partial charge in [-0.25, -0.2) is 0 Å². The third kappa shape index (κ3) is 4.16. The highest BCUT2D eigenvalue weighted by Crippen LogP contribution is 1.96. The van der Waals surface area contributed by atoms with E-state index in [9.17, 15) is 4.79 Å². The van der Waals surface area contributed by atoms with Crippen molar-refractivity contribution in [2.45, 2.75) is 32.9 Å². The molecule has 3 N–H and O–H groups in total. The molecule has 1 aromatic rings. The molecule has 1 aromatic heterocycles. The van der Waals surface area contributed by atoms with Crippen LogP contribution in [0.5, 0.6) is 0 Å². The summed E-state index contributed by atoms with van der Waals surface area (Å²) in [5, 5.41) is 6.01. The zero-order valence-corrected chi connectivity index (χ0v) is 9.34. The SMILES string of the molecule is CCCNC(=O)C(C)NCc1cc[nH]c1. The third-order valence-corrected chi connectivity index (χ3v) is 2.22. The number of H-pyrrole nitrogens is 1. The fourth-order valence-corrected chi connectivity index (χ4v) is 1.23. The van der Waals surface area contributed by atoms with E-state index < -0.39 is 0 Å². The second kappa shape index (κ2) is 6.24. The van der Waals surface area contributed by atoms with Crippen LogP contribution in [-0.2, 0) is 11.3 Å². The van der Waals surface area contributed by atoms with Crippen LogP contribution < -0.4 is 10.6 Å². The predicted molar refractivity (Wildman–Crippen MR) is 60.4 cm³/mol. The maximum absolute atomic E-state index is 11.5. The first-order valence-corrected chi connectivity index (χ1v) is 5.36. The maximum Gasteiger partial charge on any atom is 0.236 e. The van der Waals surface area contributed by atoms with Gasteiger partial charge in [0.1, 0.15) is 0 Å². The summed E-state index contributed by atoms with van der Waals surface area (Å²) in [4.78, 5) is 14.5. The minimum absolute atomic E-state index is 0.0624. The Hall–Kier alpha value is -1.29. The van der Waals surface area contributed by atoms with Crippen molar-refractivity contribution in [3.63, 3.8) is 0 Å². The van der Waals surface area contributed by atoms with E-state index >= 15 is 0 Å². The fourth-order valence-electron chi connectivity index (χ4n) is 1.23. The molecule has 84 valence electrons. The van der Waals surface area contributed by atoms with Crippen molar-refractivity contribution in [3.05, 3.63) is 24.0 Å². The Balaban J connectivity index is 2.23. The molecule has 0 bridgehead atoms. The average molecular weight is 209 g/mol. The Morgan fingerprint density at radius 3 is 3.00 bits per heavy atom. The van der Waals surface area contributed by atoms with Gasteiger partial charge in [0, 0.05) is 25.5 Å². The largest absolute Gasteiger partial charge is 0.367 e. The second-order valence-corrected chi connectivity index (χ2v) is 3.61. The zero-order valence-electron chi connectivity index (χ0n) is 9.34. The zero-order chi connectivity index (χ0) is 11.1. The number of amides is 1. The van der Waals surface area contributed by atoms with Gasteiger partial charge in [0.15, 0.2) is 0 Å². The Labute approximate surface area is 90.5 Å². The molecule has 1 atom stereocenters. The quantitative estimate of drug-likeness (QED) is 0.655. The minimum atomic E-state index is -0.147. The number of rotatable bonds is 6. The highest BCUT2D eigenvalue weighted by atomic mass is 16.2. The molecular formula is C11H19N3O. The molecule has 0 saturated carbocycles. The lowest BCUT2D eigenvalue weighted by Gasteiger charge is -2.12. The van der Waals surface area contributed by atoms with Gasteiger partial charge in [0.2, 0.25) is 5.91 Å². The molecule has 1 unspecified atom stereocenters. The Morgan fingerprint density at radius 2 is 2.40 bits per heavy atom. The van der Waals surface area contributed by atoms with Gasteiger partial charge in [-0.2, -0.15) is 0 Å². The summed E-state index contributed by atoms with van der Waals surface area (Å²) in [7, 11) is 0. The van der Waals surface area contributed by atoms with E-state index in [1.807, 2.05) is 32.3 Å². The first-order chi connectivity index (χ1) is 7.24. The highest BCUT2D eigenvalue weighted by molar-refractivity contribution is 5.81. The van der Waals surface area contributed by atoms with Gasteiger partial charge in [-0.05, 0) is 25.0 Å². The summed E-state index contributed by atoms with van der Waals surface area (Å²) in [6.45, 7) is 5.37. The van der Waals surface area contributed by atoms with Gasteiger partial charge in [0.25, 0.3) is 0 Å². The van der Waals surface area contributed by atoms with Crippen LogP contribution in [0.1, 0.15) is 25.8 Å². The standard InChI is InChI=1S/C11H19N3O/c1-3-5-13-11(15)9(2)14-8-10-4-6-12-7-10/h4,6-7,9,12,14H,3,5,8H2,1-2H3,(H,13,15). The fraction of sp³-hybridized carbons (Fsp3) is 0.545. The average Bonchev–Trinajstić information content (AvgIpc) is 2.75. The van der Waals surface area contributed by atoms with Crippen molar-refractivity contribution in [2.75, 3.05) is 6.54 Å². The summed E-state index contributed by atoms with van der Waals surface area (Å²) in [6.07, 6.45) is 4.76. The molecule has 0 saturated heterocycles. The van der Waals surface area contributed by atoms with Gasteiger partial charge in [-0.3, -0.25) is 4.79 Å². The van der Waals surface area contributed by atoms with E-state index in [1.165, 1.54) is 0 Å². The van der Waals surface area contributed by atoms with Crippen molar-refractivity contribution in [1.82, 2.24) is 15.6 Å². The number of aromatic amines is 1. The number of hydrogen-bond donors (Lipinski definition) is 3. The van der Waals surface area contributed by atoms with Crippen LogP contribution in [0.15, 0.2) is 18.5 Å². The molecular weight excluding hydrogens is 190 g/mol. The summed E-state index contributed by atoms with van der Waals surface area (Å²) in [5.74, 6) is 0.0624. The van der Waals surface area contributed by atoms with Crippen LogP contribution in [0.4, 0.5) is 0 Å². The van der Waals surface area contributed by atoms with Crippen LogP contribution in [0, 0.1) is 0 Å². The van der Waals surface area contributed by atoms with Crippen LogP contribution in [0.25, 0.3) is 0 Å². The molecule has 4 nitrogen and oxygen atoms in total. The van der Waals surface area contributed by atoms with E-state index in [1.54, 1.807) is 0 Å². The van der Waals surface area contributed by atoms with Gasteiger partial charge >= 0.3 is 0 Å². The molecule has 0 aliphatic rings. The molecule has 1 amide bonds. The summed E-state index contributed by atoms with van der Waals surface area (Å²) in [5.41, 5.74) is 1.16. The molecule has 15 heavy (non-hydrogen) atoms. The minimum Gasteiger partial charge on any atom is -0.367 e. The molecule has 1 heterocycles. The molecule has 0 spiro atoms. The first kappa shape index (κ1) is 11.8. The van der Waals surface area contributed by atoms with Crippen molar-refractivity contribution in [2.24, 2.45) is 0 Å². The van der Waals surface area contributed by atoms with Crippen LogP contribution in [-0.4, -0.2) is 23.5 Å². The summed E-state index contributed by atoms with van der Waals surface area (Å²) >= 11 is 0. The Bertz CT molecular complexity index is 282. The number of carbonyl (C=O) groups excluding carboxylic acids is 1. The van der Waals surface area contributed by atoms with Crippen molar-refractivity contribution in [3.8, 4) is 0 Å². The smallest absolute Gasteiger partial charge is 0.236 e. The Kier molecular flexibility index (Phi) is 4.90. The lowest BCUT2D eigenvalue weighted by atomic mass is 10.2. The monoisotopic (exact) mass is 209 g/mol. The molecule has 0 radical (unpaired) electrons. The third-order valence-electron chi connectivity index (χ3n) is 2.22. The van der Waals surface area contributed by atoms with Gasteiger partial charge < -0.3 is 15.6 Å². The van der Waals surface area contributed by atoms with Crippen molar-refractivity contribution < 1.29 is 4.79 Å². The molecule has 0 aliphatic heterocycles. The molecule has 0 aromatic carbocycles. The van der Waals surface area contributed by atoms with Gasteiger partial charge in [0.05, 0.1) is 6.04 Å². The summed E-state index contributed by atoms with van der Waals surface area (Å²) in [6, 6.07) is 1.84. The van der Waals surface area contributed by atoms with Crippen LogP contribution >= 0.6 is 0 Å². The van der Waals surface area contributed by atoms with Crippen molar-refractivity contribution in [1.29, 1.82) is 0 Å². The predicted octanol–water partition coefficient (Wildman–Crippen LogP) is 1.02. The molecule has 0 fully saturated rings. The number of hydrogen-bond acceptors (Lipinski definition) is 2. The molecule has 4 heteroatoms. The van der Waals surface area contributed by atoms with E-state index in [-0.39, 0.29) is 11.9 Å². The normalized spacial score (nSPS) is 12.4. The number of aromatic nitrogens is 1. The first-order valence-electron chi connectivity index (χ1n) is 5.36. The number of nitrogens with one attached hydrogen (secondary N) is 3. The number of carbonyl (C=O) groups is 1. The topological polar surface area (TPSA) is 56.9 Å². The molecule has 0 aliphatic carbocycles. The highest BCUT2D eigenvalue weighted by Gasteiger charge is 2.10. The van der Waals surface area contributed by atoms with Crippen LogP contribution in [0.2, 0.25) is 0 Å². The van der Waals surface area contributed by atoms with Gasteiger partial charge in [-0.15, -0.1) is 0 Å². The van der Waals surface area contributed by atoms with E-state index in [2.05, 4.69) is 15.6 Å². The molecule has 1 rings (SSSR count). The lowest BCUT2D eigenvalue weighted by molar-refractivity contribution is -0.122. The van der Waals surface area contributed by atoms with E-state index in [4.69, 9.17) is 0 Å². The summed E-state index contributed by atoms with van der Waals surface area (Å²) < 4.78 is 0. The Morgan fingerprint density at radius 1 is 1.60 bits per heavy atom.